The first-order valence-corrected chi connectivity index (χ1v) is 12.7. The standard InChI is InChI=1S/C31H29FN2O4/c1-3-21-9-13-29(38-19-22-7-10-24(32)11-8-22)27(15-21)28-12-6-20(2)34(28)26-17-23(31(36)37)16-25(18-26)33-14-4-5-30(33)35/h6-13,15-18H,3-5,14,19H2,1-2H3,(H,36,37). The molecule has 4 aromatic rings. The number of amides is 1. The number of halogens is 1. The minimum Gasteiger partial charge on any atom is -0.488 e. The summed E-state index contributed by atoms with van der Waals surface area (Å²) in [6, 6.07) is 21.3. The molecule has 0 atom stereocenters. The zero-order chi connectivity index (χ0) is 26.8. The van der Waals surface area contributed by atoms with Gasteiger partial charge < -0.3 is 19.3 Å². The molecule has 1 amide bonds. The largest absolute Gasteiger partial charge is 0.488 e. The van der Waals surface area contributed by atoms with E-state index in [4.69, 9.17) is 4.74 Å². The maximum Gasteiger partial charge on any atom is 0.335 e. The summed E-state index contributed by atoms with van der Waals surface area (Å²) in [4.78, 5) is 26.2. The number of benzene rings is 3. The van der Waals surface area contributed by atoms with Crippen LogP contribution in [0.3, 0.4) is 0 Å². The highest BCUT2D eigenvalue weighted by molar-refractivity contribution is 5.98. The zero-order valence-electron chi connectivity index (χ0n) is 21.4. The van der Waals surface area contributed by atoms with Crippen LogP contribution in [0, 0.1) is 12.7 Å². The van der Waals surface area contributed by atoms with Gasteiger partial charge in [0, 0.05) is 35.6 Å². The molecular weight excluding hydrogens is 483 g/mol. The van der Waals surface area contributed by atoms with Gasteiger partial charge in [0.25, 0.3) is 0 Å². The summed E-state index contributed by atoms with van der Waals surface area (Å²) in [5, 5.41) is 9.85. The van der Waals surface area contributed by atoms with Crippen LogP contribution in [-0.4, -0.2) is 28.1 Å². The van der Waals surface area contributed by atoms with Gasteiger partial charge in [0.1, 0.15) is 18.2 Å². The third-order valence-electron chi connectivity index (χ3n) is 6.90. The second kappa shape index (κ2) is 10.5. The van der Waals surface area contributed by atoms with Gasteiger partial charge in [-0.25, -0.2) is 9.18 Å². The second-order valence-electron chi connectivity index (χ2n) is 9.49. The van der Waals surface area contributed by atoms with Gasteiger partial charge >= 0.3 is 5.97 Å². The fraction of sp³-hybridized carbons (Fsp3) is 0.226. The molecule has 7 heteroatoms. The number of aryl methyl sites for hydroxylation is 2. The van der Waals surface area contributed by atoms with Crippen molar-refractivity contribution < 1.29 is 23.8 Å². The van der Waals surface area contributed by atoms with E-state index in [1.165, 1.54) is 12.1 Å². The molecule has 0 spiro atoms. The predicted molar refractivity (Wildman–Crippen MR) is 145 cm³/mol. The van der Waals surface area contributed by atoms with E-state index < -0.39 is 5.97 Å². The molecule has 38 heavy (non-hydrogen) atoms. The third kappa shape index (κ3) is 5.05. The summed E-state index contributed by atoms with van der Waals surface area (Å²) in [6.07, 6.45) is 2.04. The number of rotatable bonds is 8. The first-order valence-electron chi connectivity index (χ1n) is 12.7. The predicted octanol–water partition coefficient (Wildman–Crippen LogP) is 6.56. The number of hydrogen-bond donors (Lipinski definition) is 1. The molecular formula is C31H29FN2O4. The number of carboxylic acids is 1. The molecule has 1 aliphatic heterocycles. The molecule has 0 saturated carbocycles. The lowest BCUT2D eigenvalue weighted by Crippen LogP contribution is -2.24. The van der Waals surface area contributed by atoms with Crippen molar-refractivity contribution in [3.8, 4) is 22.7 Å². The fourth-order valence-electron chi connectivity index (χ4n) is 4.88. The van der Waals surface area contributed by atoms with Crippen molar-refractivity contribution in [3.63, 3.8) is 0 Å². The molecule has 2 heterocycles. The highest BCUT2D eigenvalue weighted by Crippen LogP contribution is 2.36. The van der Waals surface area contributed by atoms with Gasteiger partial charge in [0.2, 0.25) is 5.91 Å². The molecule has 0 bridgehead atoms. The zero-order valence-corrected chi connectivity index (χ0v) is 21.4. The third-order valence-corrected chi connectivity index (χ3v) is 6.90. The molecule has 1 N–H and O–H groups in total. The van der Waals surface area contributed by atoms with Crippen molar-refractivity contribution in [2.75, 3.05) is 11.4 Å². The van der Waals surface area contributed by atoms with Gasteiger partial charge in [0.15, 0.2) is 0 Å². The minimum atomic E-state index is -1.05. The molecule has 1 fully saturated rings. The molecule has 0 aliphatic carbocycles. The van der Waals surface area contributed by atoms with E-state index in [0.29, 0.717) is 30.1 Å². The van der Waals surface area contributed by atoms with E-state index in [0.717, 1.165) is 40.9 Å². The topological polar surface area (TPSA) is 71.8 Å². The Bertz CT molecular complexity index is 1510. The number of nitrogens with zero attached hydrogens (tertiary/aromatic N) is 2. The number of carbonyl (C=O) groups is 2. The van der Waals surface area contributed by atoms with Gasteiger partial charge in [-0.1, -0.05) is 25.1 Å². The quantitative estimate of drug-likeness (QED) is 0.290. The van der Waals surface area contributed by atoms with Crippen LogP contribution in [0.4, 0.5) is 10.1 Å². The van der Waals surface area contributed by atoms with Crippen LogP contribution in [0.5, 0.6) is 5.75 Å². The molecule has 5 rings (SSSR count). The summed E-state index contributed by atoms with van der Waals surface area (Å²) >= 11 is 0. The van der Waals surface area contributed by atoms with Crippen molar-refractivity contribution in [2.24, 2.45) is 0 Å². The molecule has 1 saturated heterocycles. The van der Waals surface area contributed by atoms with Crippen molar-refractivity contribution in [2.45, 2.75) is 39.7 Å². The lowest BCUT2D eigenvalue weighted by molar-refractivity contribution is -0.117. The molecule has 3 aromatic carbocycles. The number of ether oxygens (including phenoxy) is 1. The molecule has 0 radical (unpaired) electrons. The van der Waals surface area contributed by atoms with E-state index in [-0.39, 0.29) is 23.9 Å². The smallest absolute Gasteiger partial charge is 0.335 e. The van der Waals surface area contributed by atoms with Crippen LogP contribution in [0.2, 0.25) is 0 Å². The lowest BCUT2D eigenvalue weighted by Gasteiger charge is -2.21. The first-order chi connectivity index (χ1) is 18.3. The van der Waals surface area contributed by atoms with Crippen LogP contribution >= 0.6 is 0 Å². The van der Waals surface area contributed by atoms with Gasteiger partial charge in [0.05, 0.1) is 11.3 Å². The first kappa shape index (κ1) is 25.3. The minimum absolute atomic E-state index is 0.00457. The Labute approximate surface area is 220 Å². The number of aromatic nitrogens is 1. The number of hydrogen-bond acceptors (Lipinski definition) is 3. The van der Waals surface area contributed by atoms with E-state index in [1.807, 2.05) is 41.8 Å². The van der Waals surface area contributed by atoms with E-state index in [1.54, 1.807) is 29.2 Å². The van der Waals surface area contributed by atoms with Gasteiger partial charge in [-0.05, 0) is 85.5 Å². The van der Waals surface area contributed by atoms with E-state index in [9.17, 15) is 19.1 Å². The Morgan fingerprint density at radius 1 is 0.974 bits per heavy atom. The van der Waals surface area contributed by atoms with Crippen molar-refractivity contribution in [1.82, 2.24) is 4.57 Å². The number of anilines is 1. The van der Waals surface area contributed by atoms with Crippen LogP contribution in [0.15, 0.2) is 72.8 Å². The van der Waals surface area contributed by atoms with Gasteiger partial charge in [-0.15, -0.1) is 0 Å². The highest BCUT2D eigenvalue weighted by Gasteiger charge is 2.24. The Morgan fingerprint density at radius 3 is 2.39 bits per heavy atom. The molecule has 194 valence electrons. The van der Waals surface area contributed by atoms with E-state index in [2.05, 4.69) is 13.0 Å². The Balaban J connectivity index is 1.60. The molecule has 1 aromatic heterocycles. The Hall–Kier alpha value is -4.39. The Kier molecular flexibility index (Phi) is 7.01. The number of carboxylic acid groups (broad SMARTS) is 1. The lowest BCUT2D eigenvalue weighted by atomic mass is 10.0. The summed E-state index contributed by atoms with van der Waals surface area (Å²) in [7, 11) is 0. The van der Waals surface area contributed by atoms with Gasteiger partial charge in [-0.2, -0.15) is 0 Å². The second-order valence-corrected chi connectivity index (χ2v) is 9.49. The summed E-state index contributed by atoms with van der Waals surface area (Å²) < 4.78 is 21.6. The SMILES string of the molecule is CCc1ccc(OCc2ccc(F)cc2)c(-c2ccc(C)n2-c2cc(C(=O)O)cc(N3CCCC3=O)c2)c1. The van der Waals surface area contributed by atoms with Crippen LogP contribution in [0.1, 0.15) is 46.9 Å². The van der Waals surface area contributed by atoms with Gasteiger partial charge in [-0.3, -0.25) is 4.79 Å². The fourth-order valence-corrected chi connectivity index (χ4v) is 4.88. The molecule has 6 nitrogen and oxygen atoms in total. The van der Waals surface area contributed by atoms with Crippen LogP contribution < -0.4 is 9.64 Å². The maximum absolute atomic E-state index is 13.4. The molecule has 0 unspecified atom stereocenters. The van der Waals surface area contributed by atoms with Crippen molar-refractivity contribution in [1.29, 1.82) is 0 Å². The molecule has 1 aliphatic rings. The average molecular weight is 513 g/mol. The van der Waals surface area contributed by atoms with E-state index >= 15 is 0 Å². The van der Waals surface area contributed by atoms with Crippen molar-refractivity contribution in [3.05, 3.63) is 101 Å². The monoisotopic (exact) mass is 512 g/mol. The van der Waals surface area contributed by atoms with Crippen molar-refractivity contribution >= 4 is 17.6 Å². The summed E-state index contributed by atoms with van der Waals surface area (Å²) in [6.45, 7) is 4.88. The number of carbonyl (C=O) groups excluding carboxylic acids is 1. The summed E-state index contributed by atoms with van der Waals surface area (Å²) in [5.74, 6) is -0.693. The summed E-state index contributed by atoms with van der Waals surface area (Å²) in [5.41, 5.74) is 5.94. The number of aromatic carboxylic acids is 1. The average Bonchev–Trinajstić information content (AvgIpc) is 3.53. The maximum atomic E-state index is 13.4. The normalized spacial score (nSPS) is 13.2. The highest BCUT2D eigenvalue weighted by atomic mass is 19.1. The van der Waals surface area contributed by atoms with Crippen LogP contribution in [-0.2, 0) is 17.8 Å². The van der Waals surface area contributed by atoms with Crippen LogP contribution in [0.25, 0.3) is 16.9 Å². The Morgan fingerprint density at radius 2 is 1.71 bits per heavy atom.